The zero-order valence-electron chi connectivity index (χ0n) is 27.9. The first-order chi connectivity index (χ1) is 18.5. The van der Waals surface area contributed by atoms with Gasteiger partial charge in [0.1, 0.15) is 6.33 Å². The highest BCUT2D eigenvalue weighted by molar-refractivity contribution is 5.50. The lowest BCUT2D eigenvalue weighted by molar-refractivity contribution is -0.0303. The molecule has 2 fully saturated rings. The molecular weight excluding hydrogens is 480 g/mol. The summed E-state index contributed by atoms with van der Waals surface area (Å²) in [6.45, 7) is 25.4. The van der Waals surface area contributed by atoms with E-state index in [4.69, 9.17) is 4.74 Å². The van der Waals surface area contributed by atoms with Crippen molar-refractivity contribution in [3.8, 4) is 0 Å². The van der Waals surface area contributed by atoms with Crippen molar-refractivity contribution in [2.75, 3.05) is 13.7 Å². The normalized spacial score (nSPS) is 30.2. The van der Waals surface area contributed by atoms with Gasteiger partial charge in [-0.05, 0) is 90.8 Å². The maximum Gasteiger partial charge on any atom is 0.218 e. The molecule has 0 radical (unpaired) electrons. The van der Waals surface area contributed by atoms with Crippen LogP contribution in [0.25, 0.3) is 0 Å². The molecule has 1 aromatic heterocycles. The minimum absolute atomic E-state index is 0.467. The molecule has 228 valence electrons. The zero-order valence-corrected chi connectivity index (χ0v) is 27.9. The van der Waals surface area contributed by atoms with E-state index in [1.807, 2.05) is 21.0 Å². The highest BCUT2D eigenvalue weighted by atomic mass is 16.5. The fourth-order valence-corrected chi connectivity index (χ4v) is 8.76. The standard InChI is InChI=1S/C29H56O.C4H4N2O.C2H6/c1-10-17-29(8)25(22(3)16-20-30-9)15-19-28(29,7)23(4)21-24(11-2)26-14-12-13-18-27(26,5)6;7-4-6-2-1-5-3-6;1-2/h22-26H,10-21H2,1-9H3;1-4H;1-2H3/t22-,23?,24+,25?,26?,28?,29?;;/m1../s1. The minimum atomic E-state index is 0.467. The molecule has 4 nitrogen and oxygen atoms in total. The van der Waals surface area contributed by atoms with Crippen molar-refractivity contribution >= 4 is 6.41 Å². The second-order valence-corrected chi connectivity index (χ2v) is 13.8. The van der Waals surface area contributed by atoms with E-state index in [0.29, 0.717) is 22.7 Å². The van der Waals surface area contributed by atoms with Gasteiger partial charge in [-0.25, -0.2) is 4.98 Å². The summed E-state index contributed by atoms with van der Waals surface area (Å²) in [5.41, 5.74) is 1.48. The van der Waals surface area contributed by atoms with Gasteiger partial charge < -0.3 is 4.74 Å². The third kappa shape index (κ3) is 8.91. The number of ether oxygens (including phenoxy) is 1. The van der Waals surface area contributed by atoms with E-state index in [9.17, 15) is 4.79 Å². The average Bonchev–Trinajstić information content (AvgIpc) is 3.54. The maximum absolute atomic E-state index is 9.79. The summed E-state index contributed by atoms with van der Waals surface area (Å²) in [5, 5.41) is 0. The van der Waals surface area contributed by atoms with Crippen LogP contribution in [0.15, 0.2) is 18.7 Å². The Kier molecular flexibility index (Phi) is 15.6. The Morgan fingerprint density at radius 3 is 2.23 bits per heavy atom. The molecule has 5 unspecified atom stereocenters. The van der Waals surface area contributed by atoms with Gasteiger partial charge in [0.25, 0.3) is 0 Å². The number of methoxy groups -OCH3 is 1. The van der Waals surface area contributed by atoms with Crippen molar-refractivity contribution in [1.82, 2.24) is 9.55 Å². The predicted molar refractivity (Wildman–Crippen MR) is 169 cm³/mol. The van der Waals surface area contributed by atoms with Gasteiger partial charge in [-0.2, -0.15) is 0 Å². The molecule has 0 amide bonds. The first kappa shape index (κ1) is 35.9. The number of carbonyl (C=O) groups is 1. The molecular formula is C35H66N2O2. The molecule has 4 heteroatoms. The molecule has 1 heterocycles. The van der Waals surface area contributed by atoms with Crippen molar-refractivity contribution in [3.05, 3.63) is 18.7 Å². The van der Waals surface area contributed by atoms with E-state index < -0.39 is 0 Å². The van der Waals surface area contributed by atoms with Crippen molar-refractivity contribution in [2.24, 2.45) is 45.8 Å². The Morgan fingerprint density at radius 2 is 1.74 bits per heavy atom. The Bertz CT molecular complexity index is 776. The van der Waals surface area contributed by atoms with E-state index in [-0.39, 0.29) is 0 Å². The molecule has 0 saturated heterocycles. The van der Waals surface area contributed by atoms with Gasteiger partial charge in [0, 0.05) is 26.1 Å². The van der Waals surface area contributed by atoms with E-state index >= 15 is 0 Å². The Labute approximate surface area is 243 Å². The lowest BCUT2D eigenvalue weighted by Gasteiger charge is -2.52. The average molecular weight is 547 g/mol. The van der Waals surface area contributed by atoms with Crippen LogP contribution in [0.2, 0.25) is 0 Å². The summed E-state index contributed by atoms with van der Waals surface area (Å²) >= 11 is 0. The van der Waals surface area contributed by atoms with Crippen LogP contribution in [0.3, 0.4) is 0 Å². The van der Waals surface area contributed by atoms with E-state index in [2.05, 4.69) is 60.4 Å². The smallest absolute Gasteiger partial charge is 0.218 e. The fraction of sp³-hybridized carbons (Fsp3) is 0.886. The minimum Gasteiger partial charge on any atom is -0.385 e. The molecule has 0 bridgehead atoms. The summed E-state index contributed by atoms with van der Waals surface area (Å²) in [6.07, 6.45) is 20.7. The van der Waals surface area contributed by atoms with Gasteiger partial charge >= 0.3 is 0 Å². The number of hydrogen-bond acceptors (Lipinski definition) is 3. The molecule has 39 heavy (non-hydrogen) atoms. The quantitative estimate of drug-likeness (QED) is 0.245. The van der Waals surface area contributed by atoms with Crippen molar-refractivity contribution in [2.45, 2.75) is 140 Å². The third-order valence-corrected chi connectivity index (χ3v) is 11.4. The molecule has 0 N–H and O–H groups in total. The lowest BCUT2D eigenvalue weighted by atomic mass is 9.53. The van der Waals surface area contributed by atoms with Gasteiger partial charge in [-0.3, -0.25) is 9.36 Å². The highest BCUT2D eigenvalue weighted by Crippen LogP contribution is 2.65. The molecule has 7 atom stereocenters. The molecule has 2 aliphatic carbocycles. The van der Waals surface area contributed by atoms with E-state index in [0.717, 1.165) is 36.2 Å². The SMILES string of the molecule is CC.CCCC1(C)C([C@H](C)CCOC)CCC1(C)C(C)C[C@H](CC)C1CCCCC1(C)C.O=Cn1ccnc1. The molecule has 2 saturated carbocycles. The summed E-state index contributed by atoms with van der Waals surface area (Å²) < 4.78 is 6.79. The predicted octanol–water partition coefficient (Wildman–Crippen LogP) is 10.1. The highest BCUT2D eigenvalue weighted by Gasteiger charge is 2.57. The zero-order chi connectivity index (χ0) is 29.7. The molecule has 0 spiro atoms. The van der Waals surface area contributed by atoms with Crippen LogP contribution in [-0.4, -0.2) is 29.7 Å². The summed E-state index contributed by atoms with van der Waals surface area (Å²) in [4.78, 5) is 13.4. The van der Waals surface area contributed by atoms with E-state index in [1.165, 1.54) is 81.5 Å². The van der Waals surface area contributed by atoms with Crippen LogP contribution in [0, 0.1) is 45.8 Å². The number of nitrogens with zero attached hydrogens (tertiary/aromatic N) is 2. The van der Waals surface area contributed by atoms with Crippen molar-refractivity contribution in [3.63, 3.8) is 0 Å². The van der Waals surface area contributed by atoms with Crippen LogP contribution >= 0.6 is 0 Å². The molecule has 2 aliphatic rings. The second-order valence-electron chi connectivity index (χ2n) is 13.8. The van der Waals surface area contributed by atoms with Crippen LogP contribution in [0.5, 0.6) is 0 Å². The molecule has 0 aliphatic heterocycles. The topological polar surface area (TPSA) is 44.1 Å². The molecule has 1 aromatic rings. The van der Waals surface area contributed by atoms with Crippen molar-refractivity contribution in [1.29, 1.82) is 0 Å². The number of aromatic nitrogens is 2. The van der Waals surface area contributed by atoms with Crippen LogP contribution < -0.4 is 0 Å². The van der Waals surface area contributed by atoms with Gasteiger partial charge in [0.15, 0.2) is 0 Å². The first-order valence-corrected chi connectivity index (χ1v) is 16.4. The van der Waals surface area contributed by atoms with Crippen molar-refractivity contribution < 1.29 is 9.53 Å². The summed E-state index contributed by atoms with van der Waals surface area (Å²) in [7, 11) is 1.86. The monoisotopic (exact) mass is 547 g/mol. The number of imidazole rings is 1. The molecule has 0 aromatic carbocycles. The van der Waals surface area contributed by atoms with Crippen LogP contribution in [0.1, 0.15) is 140 Å². The fourth-order valence-electron chi connectivity index (χ4n) is 8.76. The summed E-state index contributed by atoms with van der Waals surface area (Å²) in [5.74, 6) is 4.28. The van der Waals surface area contributed by atoms with Gasteiger partial charge in [-0.15, -0.1) is 0 Å². The third-order valence-electron chi connectivity index (χ3n) is 11.4. The second kappa shape index (κ2) is 16.9. The summed E-state index contributed by atoms with van der Waals surface area (Å²) in [6, 6.07) is 0. The van der Waals surface area contributed by atoms with Gasteiger partial charge in [0.2, 0.25) is 6.41 Å². The number of hydrogen-bond donors (Lipinski definition) is 0. The number of carbonyl (C=O) groups excluding carboxylic acids is 1. The lowest BCUT2D eigenvalue weighted by Crippen LogP contribution is -2.44. The largest absolute Gasteiger partial charge is 0.385 e. The Morgan fingerprint density at radius 1 is 1.05 bits per heavy atom. The van der Waals surface area contributed by atoms with E-state index in [1.54, 1.807) is 12.4 Å². The van der Waals surface area contributed by atoms with Gasteiger partial charge in [-0.1, -0.05) is 94.9 Å². The first-order valence-electron chi connectivity index (χ1n) is 16.4. The van der Waals surface area contributed by atoms with Gasteiger partial charge in [0.05, 0.1) is 0 Å². The number of rotatable bonds is 12. The maximum atomic E-state index is 9.79. The van der Waals surface area contributed by atoms with Crippen LogP contribution in [0.4, 0.5) is 0 Å². The Balaban J connectivity index is 0.000000720. The molecule has 3 rings (SSSR count). The van der Waals surface area contributed by atoms with Crippen LogP contribution in [-0.2, 0) is 9.53 Å². The Hall–Kier alpha value is -1.16.